The van der Waals surface area contributed by atoms with E-state index < -0.39 is 0 Å². The molecule has 0 fully saturated rings. The fourth-order valence-electron chi connectivity index (χ4n) is 8.64. The van der Waals surface area contributed by atoms with Crippen molar-refractivity contribution < 1.29 is 4.42 Å². The molecule has 0 unspecified atom stereocenters. The molecule has 1 heterocycles. The normalized spacial score (nSPS) is 11.3. The van der Waals surface area contributed by atoms with E-state index >= 15 is 0 Å². The van der Waals surface area contributed by atoms with Gasteiger partial charge in [0.1, 0.15) is 5.58 Å². The number of benzene rings is 10. The number of fused-ring (bicyclic) bond motifs is 5. The van der Waals surface area contributed by atoms with Crippen molar-refractivity contribution in [3.8, 4) is 55.6 Å². The molecule has 0 aliphatic rings. The summed E-state index contributed by atoms with van der Waals surface area (Å²) in [6, 6.07) is 84.7. The van der Waals surface area contributed by atoms with Gasteiger partial charge >= 0.3 is 0 Å². The number of nitrogens with zero attached hydrogens (tertiary/aromatic N) is 1. The average molecular weight is 766 g/mol. The molecule has 0 saturated carbocycles. The van der Waals surface area contributed by atoms with Gasteiger partial charge < -0.3 is 9.32 Å². The predicted octanol–water partition coefficient (Wildman–Crippen LogP) is 16.5. The fraction of sp³-hybridized carbons (Fsp3) is 0. The molecule has 282 valence electrons. The molecule has 0 aliphatic heterocycles. The van der Waals surface area contributed by atoms with Crippen molar-refractivity contribution in [2.24, 2.45) is 0 Å². The van der Waals surface area contributed by atoms with E-state index in [1.807, 2.05) is 0 Å². The van der Waals surface area contributed by atoms with Crippen molar-refractivity contribution in [2.45, 2.75) is 0 Å². The van der Waals surface area contributed by atoms with Crippen LogP contribution < -0.4 is 4.90 Å². The van der Waals surface area contributed by atoms with E-state index in [4.69, 9.17) is 4.42 Å². The minimum atomic E-state index is 0.844. The van der Waals surface area contributed by atoms with Gasteiger partial charge in [0.05, 0.1) is 5.69 Å². The number of hydrogen-bond donors (Lipinski definition) is 0. The Hall–Kier alpha value is -7.94. The molecule has 60 heavy (non-hydrogen) atoms. The Bertz CT molecular complexity index is 3260. The molecular formula is C58H39NO. The summed E-state index contributed by atoms with van der Waals surface area (Å²) in [5.74, 6) is 0. The zero-order valence-electron chi connectivity index (χ0n) is 32.9. The standard InChI is InChI=1S/C58H39NO/c1-4-13-40(14-5-1)43-23-25-44(26-24-43)46-29-34-51(35-30-46)59(50-32-27-45(28-33-50)41-15-6-2-7-16-41)56-52(49-21-12-20-48(39-49)42-17-8-3-9-18-42)37-38-55-54-36-31-47-19-10-11-22-53(47)57(54)60-58(55)56/h1-39H. The monoisotopic (exact) mass is 765 g/mol. The number of anilines is 3. The van der Waals surface area contributed by atoms with E-state index in [0.29, 0.717) is 0 Å². The van der Waals surface area contributed by atoms with Gasteiger partial charge in [0.15, 0.2) is 5.58 Å². The van der Waals surface area contributed by atoms with Gasteiger partial charge in [0, 0.05) is 33.1 Å². The van der Waals surface area contributed by atoms with Crippen LogP contribution in [0.4, 0.5) is 17.1 Å². The van der Waals surface area contributed by atoms with Crippen LogP contribution in [0.15, 0.2) is 241 Å². The summed E-state index contributed by atoms with van der Waals surface area (Å²) in [6.45, 7) is 0. The van der Waals surface area contributed by atoms with Crippen molar-refractivity contribution in [3.05, 3.63) is 237 Å². The summed E-state index contributed by atoms with van der Waals surface area (Å²) in [7, 11) is 0. The Labute approximate surface area is 349 Å². The minimum Gasteiger partial charge on any atom is -0.453 e. The first-order valence-electron chi connectivity index (χ1n) is 20.5. The van der Waals surface area contributed by atoms with E-state index in [0.717, 1.165) is 77.6 Å². The maximum Gasteiger partial charge on any atom is 0.160 e. The van der Waals surface area contributed by atoms with Gasteiger partial charge in [0.2, 0.25) is 0 Å². The van der Waals surface area contributed by atoms with E-state index in [2.05, 4.69) is 241 Å². The predicted molar refractivity (Wildman–Crippen MR) is 253 cm³/mol. The number of furan rings is 1. The minimum absolute atomic E-state index is 0.844. The maximum atomic E-state index is 7.19. The molecule has 0 atom stereocenters. The van der Waals surface area contributed by atoms with E-state index in [1.165, 1.54) is 27.8 Å². The molecule has 1 aromatic heterocycles. The topological polar surface area (TPSA) is 16.4 Å². The molecule has 2 heteroatoms. The molecule has 10 aromatic carbocycles. The lowest BCUT2D eigenvalue weighted by molar-refractivity contribution is 0.673. The molecule has 0 amide bonds. The lowest BCUT2D eigenvalue weighted by atomic mass is 9.95. The molecule has 0 N–H and O–H groups in total. The maximum absolute atomic E-state index is 7.19. The molecular weight excluding hydrogens is 727 g/mol. The Kier molecular flexibility index (Phi) is 8.87. The van der Waals surface area contributed by atoms with Crippen molar-refractivity contribution >= 4 is 49.8 Å². The third kappa shape index (κ3) is 6.41. The summed E-state index contributed by atoms with van der Waals surface area (Å²) in [5.41, 5.74) is 16.4. The first-order chi connectivity index (χ1) is 29.7. The molecule has 11 rings (SSSR count). The van der Waals surface area contributed by atoms with Crippen LogP contribution in [-0.4, -0.2) is 0 Å². The Morgan fingerprint density at radius 3 is 1.25 bits per heavy atom. The Morgan fingerprint density at radius 1 is 0.267 bits per heavy atom. The smallest absolute Gasteiger partial charge is 0.160 e. The van der Waals surface area contributed by atoms with Crippen LogP contribution in [0.2, 0.25) is 0 Å². The molecule has 0 spiro atoms. The first kappa shape index (κ1) is 35.2. The molecule has 0 bridgehead atoms. The lowest BCUT2D eigenvalue weighted by Gasteiger charge is -2.28. The summed E-state index contributed by atoms with van der Waals surface area (Å²) < 4.78 is 7.19. The van der Waals surface area contributed by atoms with Crippen LogP contribution in [0.25, 0.3) is 88.3 Å². The highest BCUT2D eigenvalue weighted by Crippen LogP contribution is 2.49. The van der Waals surface area contributed by atoms with Crippen LogP contribution in [0.5, 0.6) is 0 Å². The van der Waals surface area contributed by atoms with E-state index in [-0.39, 0.29) is 0 Å². The quantitative estimate of drug-likeness (QED) is 0.153. The Balaban J connectivity index is 1.13. The van der Waals surface area contributed by atoms with Crippen LogP contribution >= 0.6 is 0 Å². The van der Waals surface area contributed by atoms with E-state index in [1.54, 1.807) is 0 Å². The summed E-state index contributed by atoms with van der Waals surface area (Å²) in [6.07, 6.45) is 0. The van der Waals surface area contributed by atoms with Crippen LogP contribution in [0.1, 0.15) is 0 Å². The van der Waals surface area contributed by atoms with Gasteiger partial charge in [0.25, 0.3) is 0 Å². The summed E-state index contributed by atoms with van der Waals surface area (Å²) >= 11 is 0. The highest BCUT2D eigenvalue weighted by Gasteiger charge is 2.25. The zero-order chi connectivity index (χ0) is 39.8. The zero-order valence-corrected chi connectivity index (χ0v) is 32.9. The molecule has 0 aliphatic carbocycles. The second-order valence-electron chi connectivity index (χ2n) is 15.3. The van der Waals surface area contributed by atoms with Gasteiger partial charge in [-0.15, -0.1) is 0 Å². The number of hydrogen-bond acceptors (Lipinski definition) is 2. The van der Waals surface area contributed by atoms with Gasteiger partial charge in [-0.25, -0.2) is 0 Å². The third-order valence-corrected chi connectivity index (χ3v) is 11.7. The molecule has 2 nitrogen and oxygen atoms in total. The first-order valence-corrected chi connectivity index (χ1v) is 20.5. The second-order valence-corrected chi connectivity index (χ2v) is 15.3. The van der Waals surface area contributed by atoms with Gasteiger partial charge in [-0.2, -0.15) is 0 Å². The van der Waals surface area contributed by atoms with Crippen molar-refractivity contribution in [1.82, 2.24) is 0 Å². The lowest BCUT2D eigenvalue weighted by Crippen LogP contribution is -2.11. The van der Waals surface area contributed by atoms with Gasteiger partial charge in [-0.05, 0) is 97.9 Å². The molecule has 11 aromatic rings. The van der Waals surface area contributed by atoms with Crippen LogP contribution in [-0.2, 0) is 0 Å². The average Bonchev–Trinajstić information content (AvgIpc) is 3.73. The van der Waals surface area contributed by atoms with Gasteiger partial charge in [-0.3, -0.25) is 0 Å². The van der Waals surface area contributed by atoms with Crippen molar-refractivity contribution in [2.75, 3.05) is 4.90 Å². The number of rotatable bonds is 8. The second kappa shape index (κ2) is 15.1. The van der Waals surface area contributed by atoms with Crippen molar-refractivity contribution in [1.29, 1.82) is 0 Å². The fourth-order valence-corrected chi connectivity index (χ4v) is 8.64. The van der Waals surface area contributed by atoms with Crippen LogP contribution in [0.3, 0.4) is 0 Å². The molecule has 0 saturated heterocycles. The van der Waals surface area contributed by atoms with Crippen LogP contribution in [0, 0.1) is 0 Å². The van der Waals surface area contributed by atoms with Gasteiger partial charge in [-0.1, -0.05) is 194 Å². The summed E-state index contributed by atoms with van der Waals surface area (Å²) in [5, 5.41) is 4.44. The highest BCUT2D eigenvalue weighted by molar-refractivity contribution is 6.19. The van der Waals surface area contributed by atoms with Crippen molar-refractivity contribution in [3.63, 3.8) is 0 Å². The summed E-state index contributed by atoms with van der Waals surface area (Å²) in [4.78, 5) is 2.38. The third-order valence-electron chi connectivity index (χ3n) is 11.7. The molecule has 0 radical (unpaired) electrons. The SMILES string of the molecule is c1ccc(-c2ccc(-c3ccc(N(c4ccc(-c5ccccc5)cc4)c4c(-c5cccc(-c6ccccc6)c5)ccc5c4oc4c6ccccc6ccc54)cc3)cc2)cc1. The van der Waals surface area contributed by atoms with E-state index in [9.17, 15) is 0 Å². The largest absolute Gasteiger partial charge is 0.453 e. The highest BCUT2D eigenvalue weighted by atomic mass is 16.3. The Morgan fingerprint density at radius 2 is 0.683 bits per heavy atom.